The fraction of sp³-hybridized carbons (Fsp3) is 0.429. The van der Waals surface area contributed by atoms with Crippen LogP contribution < -0.4 is 10.2 Å². The standard InChI is InChI=1S/C21H28N4S/c1-23-14-16-24(17-15-23)12-10-22-11-13-25-18-6-2-4-8-20(18)26-21-9-5-3-7-19(21)25/h2-9,22H,10-17H2,1H3. The van der Waals surface area contributed by atoms with Gasteiger partial charge in [-0.2, -0.15) is 0 Å². The van der Waals surface area contributed by atoms with Crippen LogP contribution in [0.1, 0.15) is 0 Å². The maximum absolute atomic E-state index is 3.65. The van der Waals surface area contributed by atoms with E-state index >= 15 is 0 Å². The highest BCUT2D eigenvalue weighted by Gasteiger charge is 2.22. The van der Waals surface area contributed by atoms with Gasteiger partial charge >= 0.3 is 0 Å². The number of likely N-dealkylation sites (N-methyl/N-ethyl adjacent to an activating group) is 1. The van der Waals surface area contributed by atoms with E-state index in [4.69, 9.17) is 0 Å². The third-order valence-corrected chi connectivity index (χ3v) is 6.38. The van der Waals surface area contributed by atoms with Crippen molar-refractivity contribution in [2.24, 2.45) is 0 Å². The summed E-state index contributed by atoms with van der Waals surface area (Å²) in [7, 11) is 2.21. The van der Waals surface area contributed by atoms with Crippen molar-refractivity contribution >= 4 is 23.1 Å². The van der Waals surface area contributed by atoms with Gasteiger partial charge in [0.2, 0.25) is 0 Å². The number of hydrogen-bond acceptors (Lipinski definition) is 5. The molecule has 0 saturated carbocycles. The van der Waals surface area contributed by atoms with Crippen molar-refractivity contribution in [3.05, 3.63) is 48.5 Å². The van der Waals surface area contributed by atoms with Gasteiger partial charge in [-0.05, 0) is 31.3 Å². The lowest BCUT2D eigenvalue weighted by Crippen LogP contribution is -2.46. The Kier molecular flexibility index (Phi) is 5.80. The van der Waals surface area contributed by atoms with Gasteiger partial charge in [0.15, 0.2) is 0 Å². The molecule has 0 atom stereocenters. The summed E-state index contributed by atoms with van der Waals surface area (Å²) in [4.78, 5) is 10.1. The molecule has 0 radical (unpaired) electrons. The topological polar surface area (TPSA) is 21.8 Å². The van der Waals surface area contributed by atoms with Crippen molar-refractivity contribution in [2.75, 3.05) is 64.3 Å². The smallest absolute Gasteiger partial charge is 0.0553 e. The van der Waals surface area contributed by atoms with Crippen molar-refractivity contribution in [3.63, 3.8) is 0 Å². The highest BCUT2D eigenvalue weighted by Crippen LogP contribution is 2.47. The minimum absolute atomic E-state index is 0.997. The van der Waals surface area contributed by atoms with Gasteiger partial charge in [0.25, 0.3) is 0 Å². The van der Waals surface area contributed by atoms with E-state index in [1.807, 2.05) is 11.8 Å². The molecule has 5 heteroatoms. The second-order valence-electron chi connectivity index (χ2n) is 7.08. The van der Waals surface area contributed by atoms with Gasteiger partial charge in [0.05, 0.1) is 11.4 Å². The third kappa shape index (κ3) is 4.07. The van der Waals surface area contributed by atoms with E-state index in [0.29, 0.717) is 0 Å². The van der Waals surface area contributed by atoms with Crippen LogP contribution in [0.5, 0.6) is 0 Å². The molecule has 4 rings (SSSR count). The van der Waals surface area contributed by atoms with Crippen molar-refractivity contribution in [1.82, 2.24) is 15.1 Å². The summed E-state index contributed by atoms with van der Waals surface area (Å²) in [6.45, 7) is 8.99. The van der Waals surface area contributed by atoms with Crippen LogP contribution in [0.2, 0.25) is 0 Å². The van der Waals surface area contributed by atoms with E-state index in [1.165, 1.54) is 47.3 Å². The molecule has 2 aromatic rings. The molecule has 0 aromatic heterocycles. The lowest BCUT2D eigenvalue weighted by Gasteiger charge is -2.33. The molecule has 1 saturated heterocycles. The average Bonchev–Trinajstić information content (AvgIpc) is 2.68. The summed E-state index contributed by atoms with van der Waals surface area (Å²) in [5.41, 5.74) is 2.66. The molecule has 1 fully saturated rings. The van der Waals surface area contributed by atoms with E-state index in [2.05, 4.69) is 75.6 Å². The van der Waals surface area contributed by atoms with Crippen LogP contribution in [0.15, 0.2) is 58.3 Å². The lowest BCUT2D eigenvalue weighted by atomic mass is 10.2. The van der Waals surface area contributed by atoms with Gasteiger partial charge in [0.1, 0.15) is 0 Å². The minimum Gasteiger partial charge on any atom is -0.338 e. The average molecular weight is 369 g/mol. The molecular formula is C21H28N4S. The molecule has 2 aliphatic rings. The summed E-state index contributed by atoms with van der Waals surface area (Å²) < 4.78 is 0. The van der Waals surface area contributed by atoms with Gasteiger partial charge in [-0.1, -0.05) is 36.0 Å². The second kappa shape index (κ2) is 8.44. The largest absolute Gasteiger partial charge is 0.338 e. The van der Waals surface area contributed by atoms with Crippen molar-refractivity contribution in [2.45, 2.75) is 9.79 Å². The summed E-state index contributed by atoms with van der Waals surface area (Å²) >= 11 is 1.88. The van der Waals surface area contributed by atoms with Gasteiger partial charge in [-0.25, -0.2) is 0 Å². The molecule has 0 unspecified atom stereocenters. The maximum Gasteiger partial charge on any atom is 0.0553 e. The third-order valence-electron chi connectivity index (χ3n) is 5.24. The molecule has 26 heavy (non-hydrogen) atoms. The van der Waals surface area contributed by atoms with Crippen molar-refractivity contribution in [3.8, 4) is 0 Å². The highest BCUT2D eigenvalue weighted by atomic mass is 32.2. The van der Waals surface area contributed by atoms with Crippen LogP contribution in [0, 0.1) is 0 Å². The Hall–Kier alpha value is -1.53. The van der Waals surface area contributed by atoms with Gasteiger partial charge in [-0.15, -0.1) is 0 Å². The number of nitrogens with one attached hydrogen (secondary N) is 1. The van der Waals surface area contributed by atoms with E-state index in [-0.39, 0.29) is 0 Å². The molecule has 2 aromatic carbocycles. The monoisotopic (exact) mass is 368 g/mol. The molecule has 2 aliphatic heterocycles. The van der Waals surface area contributed by atoms with Crippen LogP contribution in [0.4, 0.5) is 11.4 Å². The molecule has 0 aliphatic carbocycles. The van der Waals surface area contributed by atoms with Gasteiger partial charge in [-0.3, -0.25) is 4.90 Å². The Morgan fingerprint density at radius 3 is 2.04 bits per heavy atom. The van der Waals surface area contributed by atoms with E-state index in [9.17, 15) is 0 Å². The zero-order valence-corrected chi connectivity index (χ0v) is 16.3. The maximum atomic E-state index is 3.65. The molecule has 0 amide bonds. The first-order valence-corrected chi connectivity index (χ1v) is 10.4. The Morgan fingerprint density at radius 2 is 1.38 bits per heavy atom. The SMILES string of the molecule is CN1CCN(CCNCCN2c3ccccc3Sc3ccccc32)CC1. The molecule has 1 N–H and O–H groups in total. The van der Waals surface area contributed by atoms with Crippen LogP contribution in [-0.2, 0) is 0 Å². The van der Waals surface area contributed by atoms with Crippen molar-refractivity contribution < 1.29 is 0 Å². The molecule has 4 nitrogen and oxygen atoms in total. The number of piperazine rings is 1. The number of anilines is 2. The van der Waals surface area contributed by atoms with Crippen molar-refractivity contribution in [1.29, 1.82) is 0 Å². The fourth-order valence-electron chi connectivity index (χ4n) is 3.65. The quantitative estimate of drug-likeness (QED) is 0.789. The Balaban J connectivity index is 1.32. The van der Waals surface area contributed by atoms with Crippen LogP contribution in [-0.4, -0.2) is 69.2 Å². The van der Waals surface area contributed by atoms with Gasteiger partial charge < -0.3 is 15.1 Å². The normalized spacial score (nSPS) is 17.8. The zero-order valence-electron chi connectivity index (χ0n) is 15.5. The number of rotatable bonds is 6. The van der Waals surface area contributed by atoms with E-state index in [1.54, 1.807) is 0 Å². The second-order valence-corrected chi connectivity index (χ2v) is 8.17. The first-order valence-electron chi connectivity index (χ1n) is 9.56. The van der Waals surface area contributed by atoms with Crippen LogP contribution in [0.3, 0.4) is 0 Å². The predicted octanol–water partition coefficient (Wildman–Crippen LogP) is 3.13. The molecule has 0 spiro atoms. The molecule has 0 bridgehead atoms. The molecule has 2 heterocycles. The first kappa shape index (κ1) is 17.9. The molecule has 138 valence electrons. The Bertz CT molecular complexity index is 682. The summed E-state index contributed by atoms with van der Waals surface area (Å²) in [5.74, 6) is 0. The lowest BCUT2D eigenvalue weighted by molar-refractivity contribution is 0.155. The number of hydrogen-bond donors (Lipinski definition) is 1. The van der Waals surface area contributed by atoms with Gasteiger partial charge in [0, 0.05) is 62.1 Å². The summed E-state index contributed by atoms with van der Waals surface area (Å²) in [6, 6.07) is 17.5. The predicted molar refractivity (Wildman–Crippen MR) is 111 cm³/mol. The Morgan fingerprint density at radius 1 is 0.808 bits per heavy atom. The zero-order chi connectivity index (χ0) is 17.8. The first-order chi connectivity index (χ1) is 12.8. The fourth-order valence-corrected chi connectivity index (χ4v) is 4.74. The number of fused-ring (bicyclic) bond motifs is 2. The number of para-hydroxylation sites is 2. The van der Waals surface area contributed by atoms with E-state index < -0.39 is 0 Å². The van der Waals surface area contributed by atoms with Crippen LogP contribution >= 0.6 is 11.8 Å². The summed E-state index contributed by atoms with van der Waals surface area (Å²) in [6.07, 6.45) is 0. The summed E-state index contributed by atoms with van der Waals surface area (Å²) in [5, 5.41) is 3.65. The Labute approximate surface area is 161 Å². The minimum atomic E-state index is 0.997. The molecular weight excluding hydrogens is 340 g/mol. The number of benzene rings is 2. The number of nitrogens with zero attached hydrogens (tertiary/aromatic N) is 3. The van der Waals surface area contributed by atoms with E-state index in [0.717, 1.165) is 26.2 Å². The highest BCUT2D eigenvalue weighted by molar-refractivity contribution is 7.99. The van der Waals surface area contributed by atoms with Crippen LogP contribution in [0.25, 0.3) is 0 Å².